The van der Waals surface area contributed by atoms with Crippen molar-refractivity contribution in [3.05, 3.63) is 54.5 Å². The second kappa shape index (κ2) is 7.19. The van der Waals surface area contributed by atoms with Crippen molar-refractivity contribution in [1.82, 2.24) is 15.3 Å². The van der Waals surface area contributed by atoms with Gasteiger partial charge < -0.3 is 5.11 Å². The van der Waals surface area contributed by atoms with Crippen molar-refractivity contribution >= 4 is 17.7 Å². The topological polar surface area (TPSA) is 75.1 Å². The van der Waals surface area contributed by atoms with Crippen molar-refractivity contribution in [3.8, 4) is 0 Å². The van der Waals surface area contributed by atoms with Gasteiger partial charge in [0.05, 0.1) is 5.03 Å². The van der Waals surface area contributed by atoms with E-state index in [2.05, 4.69) is 15.3 Å². The maximum Gasteiger partial charge on any atom is 0.329 e. The van der Waals surface area contributed by atoms with Crippen LogP contribution in [0.1, 0.15) is 12.5 Å². The molecule has 5 nitrogen and oxygen atoms in total. The van der Waals surface area contributed by atoms with Crippen LogP contribution < -0.4 is 5.32 Å². The summed E-state index contributed by atoms with van der Waals surface area (Å²) in [5.74, 6) is -0.547. The summed E-state index contributed by atoms with van der Waals surface area (Å²) in [6, 6.07) is 11.0. The van der Waals surface area contributed by atoms with Crippen LogP contribution in [0.2, 0.25) is 0 Å². The van der Waals surface area contributed by atoms with Gasteiger partial charge in [0.2, 0.25) is 0 Å². The monoisotopic (exact) mass is 303 g/mol. The molecule has 0 bridgehead atoms. The van der Waals surface area contributed by atoms with E-state index in [1.54, 1.807) is 12.3 Å². The lowest BCUT2D eigenvalue weighted by Crippen LogP contribution is -2.51. The summed E-state index contributed by atoms with van der Waals surface area (Å²) in [5.41, 5.74) is -0.396. The Hall–Kier alpha value is -1.92. The van der Waals surface area contributed by atoms with Crippen molar-refractivity contribution in [2.75, 3.05) is 12.3 Å². The second-order valence-corrected chi connectivity index (χ2v) is 5.44. The van der Waals surface area contributed by atoms with E-state index in [1.165, 1.54) is 18.1 Å². The van der Waals surface area contributed by atoms with Gasteiger partial charge in [0.25, 0.3) is 0 Å². The number of aliphatic carboxylic acids is 1. The molecule has 0 amide bonds. The van der Waals surface area contributed by atoms with E-state index in [1.807, 2.05) is 37.3 Å². The van der Waals surface area contributed by atoms with Crippen molar-refractivity contribution in [1.29, 1.82) is 0 Å². The quantitative estimate of drug-likeness (QED) is 0.603. The van der Waals surface area contributed by atoms with Crippen LogP contribution in [0.3, 0.4) is 0 Å². The van der Waals surface area contributed by atoms with Crippen molar-refractivity contribution in [3.63, 3.8) is 0 Å². The van der Waals surface area contributed by atoms with Gasteiger partial charge in [0.1, 0.15) is 6.33 Å². The van der Waals surface area contributed by atoms with Gasteiger partial charge >= 0.3 is 5.97 Å². The van der Waals surface area contributed by atoms with Crippen LogP contribution in [0, 0.1) is 0 Å². The molecule has 2 aromatic rings. The molecule has 0 spiro atoms. The largest absolute Gasteiger partial charge is 0.480 e. The Labute approximate surface area is 127 Å². The van der Waals surface area contributed by atoms with E-state index in [-0.39, 0.29) is 0 Å². The summed E-state index contributed by atoms with van der Waals surface area (Å²) < 4.78 is 0. The third kappa shape index (κ3) is 3.59. The van der Waals surface area contributed by atoms with Gasteiger partial charge in [-0.25, -0.2) is 14.8 Å². The molecule has 110 valence electrons. The molecular formula is C15H17N3O2S. The number of thioether (sulfide) groups is 1. The van der Waals surface area contributed by atoms with Crippen LogP contribution in [0.4, 0.5) is 0 Å². The average Bonchev–Trinajstić information content (AvgIpc) is 2.53. The zero-order valence-electron chi connectivity index (χ0n) is 11.7. The van der Waals surface area contributed by atoms with Gasteiger partial charge in [0, 0.05) is 11.9 Å². The van der Waals surface area contributed by atoms with E-state index in [4.69, 9.17) is 0 Å². The first-order valence-electron chi connectivity index (χ1n) is 6.62. The van der Waals surface area contributed by atoms with Crippen LogP contribution in [0.15, 0.2) is 53.9 Å². The molecule has 0 saturated carbocycles. The van der Waals surface area contributed by atoms with Crippen LogP contribution in [0.25, 0.3) is 0 Å². The van der Waals surface area contributed by atoms with Gasteiger partial charge in [-0.15, -0.1) is 11.8 Å². The van der Waals surface area contributed by atoms with Gasteiger partial charge in [-0.1, -0.05) is 37.3 Å². The molecule has 0 fully saturated rings. The molecule has 0 aliphatic carbocycles. The number of hydrogen-bond donors (Lipinski definition) is 2. The van der Waals surface area contributed by atoms with E-state index in [0.717, 1.165) is 10.6 Å². The molecule has 1 unspecified atom stereocenters. The Kier molecular flexibility index (Phi) is 5.30. The number of carboxylic acids is 1. The predicted molar refractivity (Wildman–Crippen MR) is 82.2 cm³/mol. The van der Waals surface area contributed by atoms with E-state index < -0.39 is 11.5 Å². The fourth-order valence-electron chi connectivity index (χ4n) is 2.07. The summed E-state index contributed by atoms with van der Waals surface area (Å²) in [6.45, 7) is 2.46. The first kappa shape index (κ1) is 15.5. The van der Waals surface area contributed by atoms with E-state index >= 15 is 0 Å². The Morgan fingerprint density at radius 1 is 1.33 bits per heavy atom. The smallest absolute Gasteiger partial charge is 0.329 e. The van der Waals surface area contributed by atoms with E-state index in [0.29, 0.717) is 12.3 Å². The Morgan fingerprint density at radius 3 is 2.67 bits per heavy atom. The van der Waals surface area contributed by atoms with Gasteiger partial charge in [-0.05, 0) is 18.2 Å². The molecule has 21 heavy (non-hydrogen) atoms. The number of aromatic nitrogens is 2. The van der Waals surface area contributed by atoms with Crippen LogP contribution >= 0.6 is 11.8 Å². The third-order valence-electron chi connectivity index (χ3n) is 3.10. The third-order valence-corrected chi connectivity index (χ3v) is 4.22. The minimum atomic E-state index is -1.13. The highest BCUT2D eigenvalue weighted by Crippen LogP contribution is 2.29. The molecule has 2 N–H and O–H groups in total. The molecule has 6 heteroatoms. The summed E-state index contributed by atoms with van der Waals surface area (Å²) >= 11 is 1.40. The van der Waals surface area contributed by atoms with Crippen LogP contribution in [0.5, 0.6) is 0 Å². The van der Waals surface area contributed by atoms with Gasteiger partial charge in [-0.3, -0.25) is 5.32 Å². The normalized spacial score (nSPS) is 13.6. The lowest BCUT2D eigenvalue weighted by molar-refractivity contribution is -0.144. The van der Waals surface area contributed by atoms with Gasteiger partial charge in [-0.2, -0.15) is 0 Å². The minimum Gasteiger partial charge on any atom is -0.480 e. The fraction of sp³-hybridized carbons (Fsp3) is 0.267. The Balaban J connectivity index is 2.29. The molecular weight excluding hydrogens is 286 g/mol. The number of nitrogens with one attached hydrogen (secondary N) is 1. The molecule has 1 aromatic carbocycles. The predicted octanol–water partition coefficient (Wildman–Crippen LogP) is 2.16. The highest BCUT2D eigenvalue weighted by Gasteiger charge is 2.39. The molecule has 0 saturated heterocycles. The van der Waals surface area contributed by atoms with E-state index in [9.17, 15) is 9.90 Å². The highest BCUT2D eigenvalue weighted by atomic mass is 32.2. The molecule has 1 heterocycles. The lowest BCUT2D eigenvalue weighted by atomic mass is 9.92. The zero-order valence-corrected chi connectivity index (χ0v) is 12.5. The standard InChI is InChI=1S/C15H17N3O2S/c1-2-18-15(14(19)20,12-6-4-3-5-7-12)10-21-13-8-9-16-11-17-13/h3-9,11,18H,2,10H2,1H3,(H,19,20). The van der Waals surface area contributed by atoms with Crippen molar-refractivity contribution in [2.45, 2.75) is 17.5 Å². The summed E-state index contributed by atoms with van der Waals surface area (Å²) in [5, 5.41) is 13.7. The fourth-order valence-corrected chi connectivity index (χ4v) is 3.10. The first-order chi connectivity index (χ1) is 10.2. The SMILES string of the molecule is CCNC(CSc1ccncn1)(C(=O)O)c1ccccc1. The highest BCUT2D eigenvalue weighted by molar-refractivity contribution is 7.99. The maximum atomic E-state index is 11.9. The number of carboxylic acid groups (broad SMARTS) is 1. The van der Waals surface area contributed by atoms with Gasteiger partial charge in [0.15, 0.2) is 5.54 Å². The lowest BCUT2D eigenvalue weighted by Gasteiger charge is -2.30. The molecule has 0 aliphatic rings. The van der Waals surface area contributed by atoms with Crippen molar-refractivity contribution in [2.24, 2.45) is 0 Å². The molecule has 0 aliphatic heterocycles. The number of hydrogen-bond acceptors (Lipinski definition) is 5. The molecule has 1 atom stereocenters. The summed E-state index contributed by atoms with van der Waals surface area (Å²) in [4.78, 5) is 19.9. The van der Waals surface area contributed by atoms with Crippen molar-refractivity contribution < 1.29 is 9.90 Å². The average molecular weight is 303 g/mol. The second-order valence-electron chi connectivity index (χ2n) is 4.44. The molecule has 0 radical (unpaired) electrons. The number of rotatable bonds is 7. The Morgan fingerprint density at radius 2 is 2.10 bits per heavy atom. The number of likely N-dealkylation sites (N-methyl/N-ethyl adjacent to an activating group) is 1. The Bertz CT molecular complexity index is 580. The molecule has 2 rings (SSSR count). The summed E-state index contributed by atoms with van der Waals surface area (Å²) in [6.07, 6.45) is 3.11. The van der Waals surface area contributed by atoms with Crippen LogP contribution in [-0.2, 0) is 10.3 Å². The maximum absolute atomic E-state index is 11.9. The molecule has 1 aromatic heterocycles. The number of benzene rings is 1. The zero-order chi connectivity index (χ0) is 15.1. The minimum absolute atomic E-state index is 0.344. The van der Waals surface area contributed by atoms with Crippen LogP contribution in [-0.4, -0.2) is 33.3 Å². The number of carbonyl (C=O) groups is 1. The first-order valence-corrected chi connectivity index (χ1v) is 7.60. The summed E-state index contributed by atoms with van der Waals surface area (Å²) in [7, 11) is 0. The number of nitrogens with zero attached hydrogens (tertiary/aromatic N) is 2.